The summed E-state index contributed by atoms with van der Waals surface area (Å²) in [5.74, 6) is 1.39. The number of rotatable bonds is 3. The van der Waals surface area contributed by atoms with Gasteiger partial charge in [-0.3, -0.25) is 0 Å². The molecule has 0 atom stereocenters. The third-order valence-corrected chi connectivity index (χ3v) is 4.40. The fourth-order valence-electron chi connectivity index (χ4n) is 2.55. The summed E-state index contributed by atoms with van der Waals surface area (Å²) < 4.78 is 22.1. The molecule has 2 aromatic rings. The number of esters is 1. The molecule has 0 spiro atoms. The van der Waals surface area contributed by atoms with Crippen molar-refractivity contribution < 1.29 is 23.7 Å². The smallest absolute Gasteiger partial charge is 0.363 e. The van der Waals surface area contributed by atoms with Crippen molar-refractivity contribution in [2.24, 2.45) is 4.99 Å². The van der Waals surface area contributed by atoms with Crippen LogP contribution in [0.4, 0.5) is 0 Å². The van der Waals surface area contributed by atoms with Crippen LogP contribution in [-0.2, 0) is 9.53 Å². The van der Waals surface area contributed by atoms with Crippen LogP contribution in [-0.4, -0.2) is 25.8 Å². The van der Waals surface area contributed by atoms with Crippen LogP contribution in [0.25, 0.3) is 6.08 Å². The van der Waals surface area contributed by atoms with E-state index in [1.54, 1.807) is 25.3 Å². The van der Waals surface area contributed by atoms with Crippen molar-refractivity contribution >= 4 is 33.9 Å². The van der Waals surface area contributed by atoms with Gasteiger partial charge in [-0.25, -0.2) is 9.79 Å². The van der Waals surface area contributed by atoms with Crippen LogP contribution in [0, 0.1) is 0 Å². The molecular formula is C18H12BrNO5. The standard InChI is InChI=1S/C18H12BrNO5/c1-22-14-7-10(8-15-16(14)24-9-23-15)6-13-18(21)25-17(20-13)11-4-2-3-5-12(11)19/h2-8H,9H2,1H3/b13-6-. The molecule has 0 bridgehead atoms. The number of nitrogens with zero attached hydrogens (tertiary/aromatic N) is 1. The summed E-state index contributed by atoms with van der Waals surface area (Å²) in [7, 11) is 1.54. The lowest BCUT2D eigenvalue weighted by Gasteiger charge is -2.05. The van der Waals surface area contributed by atoms with Crippen molar-refractivity contribution in [1.82, 2.24) is 0 Å². The molecule has 0 N–H and O–H groups in total. The molecule has 0 saturated heterocycles. The van der Waals surface area contributed by atoms with Crippen molar-refractivity contribution in [1.29, 1.82) is 0 Å². The molecule has 7 heteroatoms. The minimum atomic E-state index is -0.512. The zero-order valence-corrected chi connectivity index (χ0v) is 14.7. The predicted molar refractivity (Wildman–Crippen MR) is 93.9 cm³/mol. The van der Waals surface area contributed by atoms with Gasteiger partial charge in [-0.15, -0.1) is 0 Å². The van der Waals surface area contributed by atoms with E-state index in [9.17, 15) is 4.79 Å². The number of hydrogen-bond donors (Lipinski definition) is 0. The molecule has 0 aliphatic carbocycles. The molecule has 2 aromatic carbocycles. The molecule has 126 valence electrons. The number of methoxy groups -OCH3 is 1. The van der Waals surface area contributed by atoms with Crippen molar-refractivity contribution in [2.45, 2.75) is 0 Å². The van der Waals surface area contributed by atoms with Gasteiger partial charge < -0.3 is 18.9 Å². The lowest BCUT2D eigenvalue weighted by atomic mass is 10.1. The second-order valence-electron chi connectivity index (χ2n) is 5.27. The van der Waals surface area contributed by atoms with Gasteiger partial charge in [0.2, 0.25) is 18.4 Å². The number of halogens is 1. The van der Waals surface area contributed by atoms with Crippen LogP contribution in [0.1, 0.15) is 11.1 Å². The first-order valence-electron chi connectivity index (χ1n) is 7.41. The summed E-state index contributed by atoms with van der Waals surface area (Å²) in [5.41, 5.74) is 1.61. The molecule has 0 radical (unpaired) electrons. The first-order valence-corrected chi connectivity index (χ1v) is 8.20. The second kappa shape index (κ2) is 6.25. The number of hydrogen-bond acceptors (Lipinski definition) is 6. The molecule has 2 aliphatic rings. The van der Waals surface area contributed by atoms with Gasteiger partial charge in [-0.1, -0.05) is 12.1 Å². The maximum Gasteiger partial charge on any atom is 0.363 e. The summed E-state index contributed by atoms with van der Waals surface area (Å²) in [5, 5.41) is 0. The Bertz CT molecular complexity index is 935. The van der Waals surface area contributed by atoms with Crippen LogP contribution in [0.5, 0.6) is 17.2 Å². The van der Waals surface area contributed by atoms with E-state index in [-0.39, 0.29) is 18.4 Å². The third kappa shape index (κ3) is 2.87. The molecular weight excluding hydrogens is 390 g/mol. The minimum Gasteiger partial charge on any atom is -0.493 e. The zero-order valence-electron chi connectivity index (χ0n) is 13.1. The topological polar surface area (TPSA) is 66.4 Å². The number of benzene rings is 2. The molecule has 0 fully saturated rings. The molecule has 4 rings (SSSR count). The van der Waals surface area contributed by atoms with Crippen LogP contribution in [0.2, 0.25) is 0 Å². The summed E-state index contributed by atoms with van der Waals surface area (Å²) in [4.78, 5) is 16.5. The number of carbonyl (C=O) groups is 1. The molecule has 25 heavy (non-hydrogen) atoms. The van der Waals surface area contributed by atoms with E-state index in [0.717, 1.165) is 4.47 Å². The summed E-state index contributed by atoms with van der Waals surface area (Å²) in [6, 6.07) is 10.9. The quantitative estimate of drug-likeness (QED) is 0.581. The highest BCUT2D eigenvalue weighted by Crippen LogP contribution is 2.42. The van der Waals surface area contributed by atoms with Gasteiger partial charge in [0.1, 0.15) is 0 Å². The molecule has 0 amide bonds. The summed E-state index contributed by atoms with van der Waals surface area (Å²) in [6.07, 6.45) is 1.62. The Kier molecular flexibility index (Phi) is 3.93. The summed E-state index contributed by atoms with van der Waals surface area (Å²) in [6.45, 7) is 0.137. The third-order valence-electron chi connectivity index (χ3n) is 3.71. The Labute approximate surface area is 151 Å². The SMILES string of the molecule is COc1cc(/C=C2\N=C(c3ccccc3Br)OC2=O)cc2c1OCO2. The highest BCUT2D eigenvalue weighted by molar-refractivity contribution is 9.10. The molecule has 6 nitrogen and oxygen atoms in total. The highest BCUT2D eigenvalue weighted by atomic mass is 79.9. The van der Waals surface area contributed by atoms with E-state index in [2.05, 4.69) is 20.9 Å². The van der Waals surface area contributed by atoms with Crippen LogP contribution in [0.15, 0.2) is 51.6 Å². The fourth-order valence-corrected chi connectivity index (χ4v) is 3.00. The minimum absolute atomic E-state index is 0.137. The lowest BCUT2D eigenvalue weighted by molar-refractivity contribution is -0.129. The Morgan fingerprint density at radius 3 is 2.88 bits per heavy atom. The lowest BCUT2D eigenvalue weighted by Crippen LogP contribution is -2.05. The van der Waals surface area contributed by atoms with Crippen molar-refractivity contribution in [2.75, 3.05) is 13.9 Å². The van der Waals surface area contributed by atoms with Crippen LogP contribution >= 0.6 is 15.9 Å². The van der Waals surface area contributed by atoms with E-state index in [4.69, 9.17) is 18.9 Å². The average molecular weight is 402 g/mol. The van der Waals surface area contributed by atoms with Gasteiger partial charge in [-0.05, 0) is 51.8 Å². The molecule has 2 aliphatic heterocycles. The second-order valence-corrected chi connectivity index (χ2v) is 6.13. The largest absolute Gasteiger partial charge is 0.493 e. The Hall–Kier alpha value is -2.80. The maximum absolute atomic E-state index is 12.2. The predicted octanol–water partition coefficient (Wildman–Crippen LogP) is 3.53. The van der Waals surface area contributed by atoms with Crippen LogP contribution < -0.4 is 14.2 Å². The first kappa shape index (κ1) is 15.7. The van der Waals surface area contributed by atoms with Gasteiger partial charge in [0.05, 0.1) is 12.7 Å². The number of cyclic esters (lactones) is 1. The monoisotopic (exact) mass is 401 g/mol. The van der Waals surface area contributed by atoms with Crippen molar-refractivity contribution in [3.05, 3.63) is 57.7 Å². The summed E-state index contributed by atoms with van der Waals surface area (Å²) >= 11 is 3.43. The van der Waals surface area contributed by atoms with E-state index in [1.807, 2.05) is 24.3 Å². The van der Waals surface area contributed by atoms with Gasteiger partial charge in [0, 0.05) is 4.47 Å². The first-order chi connectivity index (χ1) is 12.2. The van der Waals surface area contributed by atoms with Gasteiger partial charge in [0.15, 0.2) is 17.2 Å². The van der Waals surface area contributed by atoms with E-state index in [1.165, 1.54) is 0 Å². The fraction of sp³-hybridized carbons (Fsp3) is 0.111. The highest BCUT2D eigenvalue weighted by Gasteiger charge is 2.26. The van der Waals surface area contributed by atoms with Gasteiger partial charge >= 0.3 is 5.97 Å². The maximum atomic E-state index is 12.2. The number of carbonyl (C=O) groups excluding carboxylic acids is 1. The van der Waals surface area contributed by atoms with Crippen LogP contribution in [0.3, 0.4) is 0 Å². The molecule has 2 heterocycles. The zero-order chi connectivity index (χ0) is 17.4. The average Bonchev–Trinajstić information content (AvgIpc) is 3.21. The van der Waals surface area contributed by atoms with E-state index in [0.29, 0.717) is 28.4 Å². The Balaban J connectivity index is 1.72. The molecule has 0 saturated carbocycles. The van der Waals surface area contributed by atoms with Crippen molar-refractivity contribution in [3.8, 4) is 17.2 Å². The van der Waals surface area contributed by atoms with Crippen molar-refractivity contribution in [3.63, 3.8) is 0 Å². The Morgan fingerprint density at radius 1 is 1.24 bits per heavy atom. The molecule has 0 unspecified atom stereocenters. The van der Waals surface area contributed by atoms with Gasteiger partial charge in [0.25, 0.3) is 0 Å². The Morgan fingerprint density at radius 2 is 2.08 bits per heavy atom. The number of ether oxygens (including phenoxy) is 4. The van der Waals surface area contributed by atoms with Gasteiger partial charge in [-0.2, -0.15) is 0 Å². The number of aliphatic imine (C=N–C) groups is 1. The normalized spacial score (nSPS) is 16.8. The van der Waals surface area contributed by atoms with E-state index < -0.39 is 5.97 Å². The van der Waals surface area contributed by atoms with E-state index >= 15 is 0 Å². The molecule has 0 aromatic heterocycles. The number of fused-ring (bicyclic) bond motifs is 1.